The van der Waals surface area contributed by atoms with Crippen LogP contribution in [0.25, 0.3) is 0 Å². The van der Waals surface area contributed by atoms with Crippen molar-refractivity contribution in [2.45, 2.75) is 6.92 Å². The van der Waals surface area contributed by atoms with Gasteiger partial charge >= 0.3 is 6.16 Å². The molecule has 0 rings (SSSR count). The molecular weight excluding hydrogens is 140 g/mol. The zero-order valence-corrected chi connectivity index (χ0v) is 5.86. The summed E-state index contributed by atoms with van der Waals surface area (Å²) < 4.78 is 8.46. The Morgan fingerprint density at radius 3 is 2.20 bits per heavy atom. The molecule has 0 atom stereocenters. The Morgan fingerprint density at radius 1 is 1.70 bits per heavy atom. The van der Waals surface area contributed by atoms with E-state index in [9.17, 15) is 4.79 Å². The van der Waals surface area contributed by atoms with Gasteiger partial charge in [-0.15, -0.1) is 0 Å². The van der Waals surface area contributed by atoms with E-state index < -0.39 is 6.16 Å². The van der Waals surface area contributed by atoms with Gasteiger partial charge in [-0.2, -0.15) is 0 Å². The minimum Gasteiger partial charge on any atom is -0.483 e. The van der Waals surface area contributed by atoms with E-state index in [-0.39, 0.29) is 6.47 Å². The summed E-state index contributed by atoms with van der Waals surface area (Å²) in [5.74, 6) is 0. The second-order valence-corrected chi connectivity index (χ2v) is 0.993. The fourth-order valence-corrected chi connectivity index (χ4v) is 0.177. The molecular formula is C5H10O5. The fraction of sp³-hybridized carbons (Fsp3) is 0.600. The largest absolute Gasteiger partial charge is 0.507 e. The molecule has 0 aliphatic carbocycles. The van der Waals surface area contributed by atoms with Crippen LogP contribution in [0, 0.1) is 0 Å². The van der Waals surface area contributed by atoms with E-state index in [1.165, 1.54) is 7.11 Å². The molecule has 0 aliphatic heterocycles. The number of carboxylic acid groups (broad SMARTS) is 1. The molecule has 0 aromatic carbocycles. The zero-order valence-electron chi connectivity index (χ0n) is 5.86. The molecule has 1 N–H and O–H groups in total. The molecule has 0 fully saturated rings. The summed E-state index contributed by atoms with van der Waals surface area (Å²) in [4.78, 5) is 18.3. The Labute approximate surface area is 58.5 Å². The van der Waals surface area contributed by atoms with Crippen LogP contribution in [-0.4, -0.2) is 31.5 Å². The number of hydrogen-bond acceptors (Lipinski definition) is 4. The normalized spacial score (nSPS) is 6.60. The zero-order chi connectivity index (χ0) is 8.41. The first-order chi connectivity index (χ1) is 4.72. The van der Waals surface area contributed by atoms with Gasteiger partial charge in [0.05, 0.1) is 13.7 Å². The van der Waals surface area contributed by atoms with E-state index in [1.54, 1.807) is 6.92 Å². The Hall–Kier alpha value is -1.26. The second kappa shape index (κ2) is 10.7. The lowest BCUT2D eigenvalue weighted by molar-refractivity contribution is -0.122. The first kappa shape index (κ1) is 11.5. The van der Waals surface area contributed by atoms with Gasteiger partial charge in [-0.25, -0.2) is 4.79 Å². The van der Waals surface area contributed by atoms with Crippen molar-refractivity contribution in [3.05, 3.63) is 0 Å². The van der Waals surface area contributed by atoms with E-state index in [0.29, 0.717) is 6.61 Å². The molecule has 0 aromatic rings. The van der Waals surface area contributed by atoms with Crippen molar-refractivity contribution in [1.29, 1.82) is 0 Å². The van der Waals surface area contributed by atoms with E-state index >= 15 is 0 Å². The first-order valence-corrected chi connectivity index (χ1v) is 2.51. The average Bonchev–Trinajstić information content (AvgIpc) is 1.90. The molecule has 0 aliphatic rings. The van der Waals surface area contributed by atoms with Crippen LogP contribution < -0.4 is 0 Å². The quantitative estimate of drug-likeness (QED) is 0.435. The van der Waals surface area contributed by atoms with Crippen LogP contribution in [-0.2, 0) is 14.3 Å². The highest BCUT2D eigenvalue weighted by Crippen LogP contribution is 1.77. The summed E-state index contributed by atoms with van der Waals surface area (Å²) in [5.41, 5.74) is 0. The molecule has 0 unspecified atom stereocenters. The number of carbonyl (C=O) groups is 2. The van der Waals surface area contributed by atoms with Crippen LogP contribution in [0.3, 0.4) is 0 Å². The molecule has 0 aromatic heterocycles. The Bertz CT molecular complexity index is 90.0. The van der Waals surface area contributed by atoms with Crippen molar-refractivity contribution < 1.29 is 24.2 Å². The van der Waals surface area contributed by atoms with Gasteiger partial charge < -0.3 is 14.6 Å². The predicted molar refractivity (Wildman–Crippen MR) is 32.7 cm³/mol. The molecule has 0 spiro atoms. The van der Waals surface area contributed by atoms with Gasteiger partial charge in [0, 0.05) is 0 Å². The first-order valence-electron chi connectivity index (χ1n) is 2.51. The third kappa shape index (κ3) is 15.9. The van der Waals surface area contributed by atoms with Crippen molar-refractivity contribution in [3.8, 4) is 0 Å². The molecule has 0 bridgehead atoms. The maximum Gasteiger partial charge on any atom is 0.507 e. The van der Waals surface area contributed by atoms with E-state index in [2.05, 4.69) is 9.47 Å². The van der Waals surface area contributed by atoms with Gasteiger partial charge in [-0.05, 0) is 6.92 Å². The van der Waals surface area contributed by atoms with Crippen LogP contribution in [0.2, 0.25) is 0 Å². The maximum absolute atomic E-state index is 9.97. The third-order valence-corrected chi connectivity index (χ3v) is 0.429. The Balaban J connectivity index is 0. The van der Waals surface area contributed by atoms with Crippen LogP contribution >= 0.6 is 0 Å². The lowest BCUT2D eigenvalue weighted by Crippen LogP contribution is -2.02. The van der Waals surface area contributed by atoms with Crippen molar-refractivity contribution >= 4 is 12.6 Å². The van der Waals surface area contributed by atoms with E-state index in [0.717, 1.165) is 0 Å². The van der Waals surface area contributed by atoms with Crippen molar-refractivity contribution in [3.63, 3.8) is 0 Å². The van der Waals surface area contributed by atoms with E-state index in [1.807, 2.05) is 0 Å². The van der Waals surface area contributed by atoms with Gasteiger partial charge in [-0.3, -0.25) is 4.79 Å². The highest BCUT2D eigenvalue weighted by Gasteiger charge is 1.92. The van der Waals surface area contributed by atoms with Gasteiger partial charge in [0.2, 0.25) is 0 Å². The lowest BCUT2D eigenvalue weighted by Gasteiger charge is -1.94. The molecule has 0 amide bonds. The second-order valence-electron chi connectivity index (χ2n) is 0.993. The van der Waals surface area contributed by atoms with Crippen molar-refractivity contribution in [2.75, 3.05) is 13.7 Å². The number of ether oxygens (including phenoxy) is 2. The van der Waals surface area contributed by atoms with Crippen LogP contribution in [0.1, 0.15) is 6.92 Å². The van der Waals surface area contributed by atoms with Gasteiger partial charge in [-0.1, -0.05) is 0 Å². The molecule has 5 heteroatoms. The number of methoxy groups -OCH3 is 1. The maximum atomic E-state index is 9.97. The van der Waals surface area contributed by atoms with Crippen molar-refractivity contribution in [2.24, 2.45) is 0 Å². The summed E-state index contributed by atoms with van der Waals surface area (Å²) >= 11 is 0. The summed E-state index contributed by atoms with van der Waals surface area (Å²) in [6.07, 6.45) is -0.623. The highest BCUT2D eigenvalue weighted by molar-refractivity contribution is 5.59. The Morgan fingerprint density at radius 2 is 2.10 bits per heavy atom. The molecule has 0 saturated heterocycles. The smallest absolute Gasteiger partial charge is 0.483 e. The molecule has 0 heterocycles. The van der Waals surface area contributed by atoms with Crippen molar-refractivity contribution in [1.82, 2.24) is 0 Å². The lowest BCUT2D eigenvalue weighted by atomic mass is 10.9. The van der Waals surface area contributed by atoms with Crippen LogP contribution in [0.4, 0.5) is 4.79 Å². The third-order valence-electron chi connectivity index (χ3n) is 0.429. The SMILES string of the molecule is CCOC(=O)OC.O=CO. The van der Waals surface area contributed by atoms with Gasteiger partial charge in [0.1, 0.15) is 0 Å². The standard InChI is InChI=1S/C4H8O3.CH2O2/c1-3-7-4(5)6-2;2-1-3/h3H2,1-2H3;1H,(H,2,3). The number of carbonyl (C=O) groups excluding carboxylic acids is 1. The fourth-order valence-electron chi connectivity index (χ4n) is 0.177. The van der Waals surface area contributed by atoms with Crippen LogP contribution in [0.15, 0.2) is 0 Å². The summed E-state index contributed by atoms with van der Waals surface area (Å²) in [6, 6.07) is 0. The molecule has 0 radical (unpaired) electrons. The van der Waals surface area contributed by atoms with Gasteiger partial charge in [0.15, 0.2) is 0 Å². The van der Waals surface area contributed by atoms with Gasteiger partial charge in [0.25, 0.3) is 6.47 Å². The average molecular weight is 150 g/mol. The minimum atomic E-state index is -0.623. The summed E-state index contributed by atoms with van der Waals surface area (Å²) in [6.45, 7) is 1.84. The molecule has 60 valence electrons. The highest BCUT2D eigenvalue weighted by atomic mass is 16.7. The topological polar surface area (TPSA) is 72.8 Å². The predicted octanol–water partition coefficient (Wildman–Crippen LogP) is 0.490. The number of rotatable bonds is 1. The summed E-state index contributed by atoms with van der Waals surface area (Å²) in [5, 5.41) is 6.89. The monoisotopic (exact) mass is 150 g/mol. The number of hydrogen-bond donors (Lipinski definition) is 1. The molecule has 10 heavy (non-hydrogen) atoms. The minimum absolute atomic E-state index is 0.250. The summed E-state index contributed by atoms with van der Waals surface area (Å²) in [7, 11) is 1.28. The van der Waals surface area contributed by atoms with Crippen LogP contribution in [0.5, 0.6) is 0 Å². The molecule has 5 nitrogen and oxygen atoms in total. The molecule has 0 saturated carbocycles. The Kier molecular flexibility index (Phi) is 12.3. The van der Waals surface area contributed by atoms with E-state index in [4.69, 9.17) is 9.90 Å².